The maximum Gasteiger partial charge on any atom is 0.123 e. The van der Waals surface area contributed by atoms with Crippen molar-refractivity contribution in [1.29, 1.82) is 0 Å². The lowest BCUT2D eigenvalue weighted by molar-refractivity contribution is -0.107. The Kier molecular flexibility index (Phi) is 28.3. The smallest absolute Gasteiger partial charge is 0.123 e. The number of aldehydes is 1. The molecule has 0 radical (unpaired) electrons. The highest BCUT2D eigenvalue weighted by atomic mass is 16.2. The molecule has 0 fully saturated rings. The van der Waals surface area contributed by atoms with E-state index in [2.05, 4.69) is 42.5 Å². The van der Waals surface area contributed by atoms with Crippen molar-refractivity contribution in [3.8, 4) is 0 Å². The molecule has 0 amide bonds. The molecule has 0 aromatic carbocycles. The molecular formula is C30H52O2. The van der Waals surface area contributed by atoms with Crippen LogP contribution in [0.5, 0.6) is 0 Å². The second-order valence-corrected chi connectivity index (χ2v) is 8.79. The fourth-order valence-corrected chi connectivity index (χ4v) is 3.68. The molecule has 184 valence electrons. The lowest BCUT2D eigenvalue weighted by atomic mass is 10.1. The highest BCUT2D eigenvalue weighted by Crippen LogP contribution is 2.10. The summed E-state index contributed by atoms with van der Waals surface area (Å²) in [5.74, 6) is 0. The van der Waals surface area contributed by atoms with Crippen LogP contribution in [0.4, 0.5) is 0 Å². The Labute approximate surface area is 200 Å². The normalized spacial score (nSPS) is 12.3. The first-order valence-corrected chi connectivity index (χ1v) is 13.6. The van der Waals surface area contributed by atoms with Crippen LogP contribution in [0.3, 0.4) is 0 Å². The zero-order valence-electron chi connectivity index (χ0n) is 20.9. The molecule has 0 bridgehead atoms. The van der Waals surface area contributed by atoms with Gasteiger partial charge in [-0.25, -0.2) is 0 Å². The molecule has 1 N–H and O–H groups in total. The molecule has 2 nitrogen and oxygen atoms in total. The lowest BCUT2D eigenvalue weighted by Crippen LogP contribution is -1.83. The molecule has 0 aliphatic rings. The molecule has 0 spiro atoms. The van der Waals surface area contributed by atoms with Crippen LogP contribution in [-0.2, 0) is 4.79 Å². The molecule has 0 aromatic rings. The zero-order valence-corrected chi connectivity index (χ0v) is 20.9. The van der Waals surface area contributed by atoms with E-state index in [1.54, 1.807) is 0 Å². The molecule has 0 aliphatic carbocycles. The number of unbranched alkanes of at least 4 members (excludes halogenated alkanes) is 15. The summed E-state index contributed by atoms with van der Waals surface area (Å²) in [4.78, 5) is 10.2. The summed E-state index contributed by atoms with van der Waals surface area (Å²) in [7, 11) is 0. The van der Waals surface area contributed by atoms with E-state index in [1.165, 1.54) is 103 Å². The van der Waals surface area contributed by atoms with E-state index in [0.717, 1.165) is 25.5 Å². The number of aliphatic hydroxyl groups excluding tert-OH is 1. The Hall–Kier alpha value is -1.41. The van der Waals surface area contributed by atoms with Crippen molar-refractivity contribution < 1.29 is 9.90 Å². The summed E-state index contributed by atoms with van der Waals surface area (Å²) in [5.41, 5.74) is 0. The summed E-state index contributed by atoms with van der Waals surface area (Å²) in [6, 6.07) is 0. The molecule has 0 saturated carbocycles. The maximum absolute atomic E-state index is 10.2. The van der Waals surface area contributed by atoms with Crippen molar-refractivity contribution in [2.45, 2.75) is 128 Å². The minimum Gasteiger partial charge on any atom is -0.396 e. The number of aliphatic hydroxyl groups is 1. The third kappa shape index (κ3) is 28.6. The third-order valence-corrected chi connectivity index (χ3v) is 5.68. The first-order chi connectivity index (χ1) is 15.9. The lowest BCUT2D eigenvalue weighted by Gasteiger charge is -1.99. The maximum atomic E-state index is 10.2. The van der Waals surface area contributed by atoms with Gasteiger partial charge in [0.2, 0.25) is 0 Å². The standard InChI is InChI=1S/C30H52O2/c31-29-27-25-23-21-19-17-15-13-11-9-7-5-3-1-2-4-6-8-10-12-14-16-18-20-22-24-26-28-30-32/h3,5-6,8,12,14,23,25,29,32H,1-2,4,7,9-11,13,15-22,24,26-28,30H2. The number of rotatable bonds is 25. The second kappa shape index (κ2) is 29.6. The van der Waals surface area contributed by atoms with Crippen molar-refractivity contribution >= 4 is 6.29 Å². The molecule has 2 heteroatoms. The highest BCUT2D eigenvalue weighted by molar-refractivity contribution is 5.51. The van der Waals surface area contributed by atoms with Gasteiger partial charge in [-0.1, -0.05) is 100.0 Å². The van der Waals surface area contributed by atoms with Gasteiger partial charge < -0.3 is 9.90 Å². The molecule has 0 aliphatic heterocycles. The first-order valence-electron chi connectivity index (χ1n) is 13.6. The van der Waals surface area contributed by atoms with Crippen LogP contribution in [0.2, 0.25) is 0 Å². The van der Waals surface area contributed by atoms with E-state index in [0.29, 0.717) is 13.0 Å². The number of carbonyl (C=O) groups is 1. The minimum absolute atomic E-state index is 0.347. The van der Waals surface area contributed by atoms with Gasteiger partial charge in [-0.05, 0) is 70.6 Å². The van der Waals surface area contributed by atoms with Gasteiger partial charge in [0.05, 0.1) is 0 Å². The number of carbonyl (C=O) groups excluding carboxylic acids is 1. The van der Waals surface area contributed by atoms with Crippen LogP contribution < -0.4 is 0 Å². The average Bonchev–Trinajstić information content (AvgIpc) is 2.81. The molecule has 0 heterocycles. The summed E-state index contributed by atoms with van der Waals surface area (Å²) >= 11 is 0. The van der Waals surface area contributed by atoms with E-state index < -0.39 is 0 Å². The van der Waals surface area contributed by atoms with E-state index in [-0.39, 0.29) is 0 Å². The van der Waals surface area contributed by atoms with Crippen molar-refractivity contribution in [3.05, 3.63) is 48.6 Å². The van der Waals surface area contributed by atoms with E-state index in [1.807, 2.05) is 6.08 Å². The molecule has 0 aromatic heterocycles. The minimum atomic E-state index is 0.347. The van der Waals surface area contributed by atoms with E-state index in [4.69, 9.17) is 5.11 Å². The second-order valence-electron chi connectivity index (χ2n) is 8.79. The van der Waals surface area contributed by atoms with Crippen molar-refractivity contribution in [2.24, 2.45) is 0 Å². The Morgan fingerprint density at radius 3 is 1.16 bits per heavy atom. The third-order valence-electron chi connectivity index (χ3n) is 5.68. The van der Waals surface area contributed by atoms with Crippen LogP contribution in [0, 0.1) is 0 Å². The Morgan fingerprint density at radius 1 is 0.375 bits per heavy atom. The van der Waals surface area contributed by atoms with E-state index in [9.17, 15) is 4.79 Å². The van der Waals surface area contributed by atoms with Crippen molar-refractivity contribution in [3.63, 3.8) is 0 Å². The molecule has 0 atom stereocenters. The van der Waals surface area contributed by atoms with Gasteiger partial charge in [-0.3, -0.25) is 0 Å². The Balaban J connectivity index is 3.25. The Bertz CT molecular complexity index is 473. The van der Waals surface area contributed by atoms with Crippen LogP contribution in [0.15, 0.2) is 48.6 Å². The van der Waals surface area contributed by atoms with Crippen LogP contribution in [-0.4, -0.2) is 18.0 Å². The summed E-state index contributed by atoms with van der Waals surface area (Å²) < 4.78 is 0. The fraction of sp³-hybridized carbons (Fsp3) is 0.700. The number of allylic oxidation sites excluding steroid dienone is 8. The predicted octanol–water partition coefficient (Wildman–Crippen LogP) is 9.20. The molecule has 0 unspecified atom stereocenters. The van der Waals surface area contributed by atoms with Gasteiger partial charge in [0.15, 0.2) is 0 Å². The average molecular weight is 445 g/mol. The molecule has 0 saturated heterocycles. The number of hydrogen-bond acceptors (Lipinski definition) is 2. The molecular weight excluding hydrogens is 392 g/mol. The summed E-state index contributed by atoms with van der Waals surface area (Å²) in [6.45, 7) is 0.347. The molecule has 32 heavy (non-hydrogen) atoms. The van der Waals surface area contributed by atoms with Gasteiger partial charge in [-0.2, -0.15) is 0 Å². The van der Waals surface area contributed by atoms with Crippen LogP contribution >= 0.6 is 0 Å². The summed E-state index contributed by atoms with van der Waals surface area (Å²) in [5, 5.41) is 8.74. The van der Waals surface area contributed by atoms with Crippen LogP contribution in [0.25, 0.3) is 0 Å². The SMILES string of the molecule is O=CCC=CCCCCCCCCC=CCCCC=CCC=CCCCCCCCCO. The Morgan fingerprint density at radius 2 is 0.719 bits per heavy atom. The van der Waals surface area contributed by atoms with Crippen molar-refractivity contribution in [2.75, 3.05) is 6.61 Å². The van der Waals surface area contributed by atoms with Gasteiger partial charge in [0.1, 0.15) is 6.29 Å². The van der Waals surface area contributed by atoms with Crippen LogP contribution in [0.1, 0.15) is 128 Å². The highest BCUT2D eigenvalue weighted by Gasteiger charge is 1.91. The van der Waals surface area contributed by atoms with Gasteiger partial charge in [0, 0.05) is 13.0 Å². The first kappa shape index (κ1) is 30.6. The molecule has 0 rings (SSSR count). The zero-order chi connectivity index (χ0) is 23.2. The van der Waals surface area contributed by atoms with Gasteiger partial charge in [0.25, 0.3) is 0 Å². The predicted molar refractivity (Wildman–Crippen MR) is 142 cm³/mol. The topological polar surface area (TPSA) is 37.3 Å². The van der Waals surface area contributed by atoms with Gasteiger partial charge >= 0.3 is 0 Å². The fourth-order valence-electron chi connectivity index (χ4n) is 3.68. The number of hydrogen-bond donors (Lipinski definition) is 1. The van der Waals surface area contributed by atoms with Gasteiger partial charge in [-0.15, -0.1) is 0 Å². The quantitative estimate of drug-likeness (QED) is 0.0865. The summed E-state index contributed by atoms with van der Waals surface area (Å²) in [6.07, 6.45) is 43.2. The largest absolute Gasteiger partial charge is 0.396 e. The van der Waals surface area contributed by atoms with Crippen molar-refractivity contribution in [1.82, 2.24) is 0 Å². The van der Waals surface area contributed by atoms with E-state index >= 15 is 0 Å². The monoisotopic (exact) mass is 444 g/mol.